The summed E-state index contributed by atoms with van der Waals surface area (Å²) in [5.41, 5.74) is 2.23. The van der Waals surface area contributed by atoms with Gasteiger partial charge < -0.3 is 4.74 Å². The molecule has 0 atom stereocenters. The van der Waals surface area contributed by atoms with Crippen molar-refractivity contribution in [1.29, 1.82) is 5.26 Å². The van der Waals surface area contributed by atoms with E-state index in [4.69, 9.17) is 11.2 Å². The lowest BCUT2D eigenvalue weighted by atomic mass is 10.1. The van der Waals surface area contributed by atoms with Crippen molar-refractivity contribution in [3.63, 3.8) is 0 Å². The summed E-state index contributed by atoms with van der Waals surface area (Å²) >= 11 is 1.45. The van der Waals surface area contributed by atoms with Crippen molar-refractivity contribution < 1.29 is 4.74 Å². The number of allylic oxidation sites excluding steroid dienone is 1. The molecule has 0 fully saturated rings. The number of aromatic nitrogens is 1. The maximum Gasteiger partial charge on any atom is 0.148 e. The number of ether oxygens (including phenoxy) is 1. The molecule has 0 bridgehead atoms. The van der Waals surface area contributed by atoms with E-state index in [2.05, 4.69) is 17.0 Å². The summed E-state index contributed by atoms with van der Waals surface area (Å²) in [6.07, 6.45) is 6.96. The number of rotatable bonds is 4. The van der Waals surface area contributed by atoms with Crippen LogP contribution in [0.5, 0.6) is 5.75 Å². The largest absolute Gasteiger partial charge is 0.480 e. The Morgan fingerprint density at radius 3 is 2.95 bits per heavy atom. The Balaban J connectivity index is 2.38. The highest BCUT2D eigenvalue weighted by Gasteiger charge is 2.07. The van der Waals surface area contributed by atoms with Crippen LogP contribution in [0.2, 0.25) is 0 Å². The van der Waals surface area contributed by atoms with Crippen LogP contribution in [-0.4, -0.2) is 11.6 Å². The molecule has 0 unspecified atom stereocenters. The molecule has 2 aromatic rings. The van der Waals surface area contributed by atoms with Gasteiger partial charge in [-0.05, 0) is 19.1 Å². The zero-order valence-corrected chi connectivity index (χ0v) is 11.8. The molecule has 1 aromatic carbocycles. The summed E-state index contributed by atoms with van der Waals surface area (Å²) in [6, 6.07) is 9.63. The fraction of sp³-hybridized carbons (Fsp3) is 0.125. The van der Waals surface area contributed by atoms with E-state index in [1.807, 2.05) is 36.6 Å². The second-order valence-corrected chi connectivity index (χ2v) is 4.85. The van der Waals surface area contributed by atoms with Crippen LogP contribution in [0.4, 0.5) is 0 Å². The minimum absolute atomic E-state index is 0.198. The Bertz CT molecular complexity index is 717. The van der Waals surface area contributed by atoms with Crippen molar-refractivity contribution in [1.82, 2.24) is 4.98 Å². The number of hydrogen-bond acceptors (Lipinski definition) is 4. The Morgan fingerprint density at radius 2 is 2.30 bits per heavy atom. The van der Waals surface area contributed by atoms with Gasteiger partial charge in [0.25, 0.3) is 0 Å². The van der Waals surface area contributed by atoms with Crippen LogP contribution >= 0.6 is 11.3 Å². The van der Waals surface area contributed by atoms with E-state index in [1.165, 1.54) is 11.3 Å². The first kappa shape index (κ1) is 13.9. The van der Waals surface area contributed by atoms with Gasteiger partial charge in [-0.3, -0.25) is 0 Å². The van der Waals surface area contributed by atoms with E-state index in [0.717, 1.165) is 11.3 Å². The monoisotopic (exact) mass is 280 g/mol. The van der Waals surface area contributed by atoms with E-state index < -0.39 is 0 Å². The van der Waals surface area contributed by atoms with Crippen molar-refractivity contribution in [2.45, 2.75) is 6.92 Å². The molecular formula is C16H12N2OS. The number of terminal acetylenes is 1. The quantitative estimate of drug-likeness (QED) is 0.636. The van der Waals surface area contributed by atoms with Gasteiger partial charge in [0.2, 0.25) is 0 Å². The molecule has 0 radical (unpaired) electrons. The third-order valence-electron chi connectivity index (χ3n) is 2.50. The van der Waals surface area contributed by atoms with Crippen molar-refractivity contribution in [3.05, 3.63) is 45.9 Å². The first-order valence-corrected chi connectivity index (χ1v) is 6.82. The van der Waals surface area contributed by atoms with Crippen molar-refractivity contribution in [3.8, 4) is 24.2 Å². The molecule has 1 aromatic heterocycles. The molecule has 0 saturated carbocycles. The number of benzene rings is 1. The number of nitriles is 1. The molecule has 3 nitrogen and oxygen atoms in total. The van der Waals surface area contributed by atoms with Gasteiger partial charge in [0.15, 0.2) is 0 Å². The van der Waals surface area contributed by atoms with Gasteiger partial charge >= 0.3 is 0 Å². The lowest BCUT2D eigenvalue weighted by Gasteiger charge is -2.06. The SMILES string of the molecule is C#CCOc1ccccc1/C=C(\C#N)c1nc(C)cs1. The molecule has 0 spiro atoms. The first-order chi connectivity index (χ1) is 9.74. The molecule has 0 aliphatic heterocycles. The van der Waals surface area contributed by atoms with Crippen LogP contribution in [0.25, 0.3) is 11.6 Å². The maximum atomic E-state index is 9.29. The van der Waals surface area contributed by atoms with E-state index >= 15 is 0 Å². The number of hydrogen-bond donors (Lipinski definition) is 0. The number of para-hydroxylation sites is 1. The summed E-state index contributed by atoms with van der Waals surface area (Å²) in [4.78, 5) is 4.32. The molecule has 4 heteroatoms. The van der Waals surface area contributed by atoms with Crippen molar-refractivity contribution >= 4 is 23.0 Å². The van der Waals surface area contributed by atoms with Crippen LogP contribution in [0, 0.1) is 30.6 Å². The van der Waals surface area contributed by atoms with Gasteiger partial charge in [-0.1, -0.05) is 24.1 Å². The lowest BCUT2D eigenvalue weighted by molar-refractivity contribution is 0.369. The Morgan fingerprint density at radius 1 is 1.50 bits per heavy atom. The molecule has 0 N–H and O–H groups in total. The van der Waals surface area contributed by atoms with Crippen LogP contribution in [-0.2, 0) is 0 Å². The zero-order chi connectivity index (χ0) is 14.4. The molecule has 20 heavy (non-hydrogen) atoms. The average molecular weight is 280 g/mol. The van der Waals surface area contributed by atoms with E-state index in [0.29, 0.717) is 16.3 Å². The summed E-state index contributed by atoms with van der Waals surface area (Å²) in [5.74, 6) is 3.09. The zero-order valence-electron chi connectivity index (χ0n) is 11.0. The predicted octanol–water partition coefficient (Wildman–Crippen LogP) is 3.53. The number of thiazole rings is 1. The molecule has 0 aliphatic rings. The van der Waals surface area contributed by atoms with Crippen molar-refractivity contribution in [2.75, 3.05) is 6.61 Å². The van der Waals surface area contributed by atoms with Crippen LogP contribution in [0.3, 0.4) is 0 Å². The molecule has 0 amide bonds. The van der Waals surface area contributed by atoms with Crippen LogP contribution in [0.15, 0.2) is 29.6 Å². The van der Waals surface area contributed by atoms with Crippen LogP contribution < -0.4 is 4.74 Å². The van der Waals surface area contributed by atoms with Gasteiger partial charge in [-0.25, -0.2) is 4.98 Å². The van der Waals surface area contributed by atoms with Gasteiger partial charge in [-0.15, -0.1) is 17.8 Å². The van der Waals surface area contributed by atoms with Gasteiger partial charge in [0, 0.05) is 16.6 Å². The summed E-state index contributed by atoms with van der Waals surface area (Å²) in [6.45, 7) is 2.10. The highest BCUT2D eigenvalue weighted by molar-refractivity contribution is 7.11. The highest BCUT2D eigenvalue weighted by atomic mass is 32.1. The Hall–Kier alpha value is -2.56. The summed E-state index contributed by atoms with van der Waals surface area (Å²) in [7, 11) is 0. The second-order valence-electron chi connectivity index (χ2n) is 3.99. The summed E-state index contributed by atoms with van der Waals surface area (Å²) in [5, 5.41) is 11.9. The number of nitrogens with zero attached hydrogens (tertiary/aromatic N) is 2. The smallest absolute Gasteiger partial charge is 0.148 e. The van der Waals surface area contributed by atoms with E-state index in [-0.39, 0.29) is 6.61 Å². The van der Waals surface area contributed by atoms with E-state index in [9.17, 15) is 5.26 Å². The highest BCUT2D eigenvalue weighted by Crippen LogP contribution is 2.26. The lowest BCUT2D eigenvalue weighted by Crippen LogP contribution is -1.95. The Labute approximate surface area is 122 Å². The topological polar surface area (TPSA) is 45.9 Å². The normalized spacial score (nSPS) is 10.7. The number of aryl methyl sites for hydroxylation is 1. The van der Waals surface area contributed by atoms with Gasteiger partial charge in [0.1, 0.15) is 23.4 Å². The third kappa shape index (κ3) is 3.26. The molecule has 1 heterocycles. The second kappa shape index (κ2) is 6.56. The summed E-state index contributed by atoms with van der Waals surface area (Å²) < 4.78 is 5.47. The molecule has 98 valence electrons. The van der Waals surface area contributed by atoms with E-state index in [1.54, 1.807) is 6.08 Å². The Kier molecular flexibility index (Phi) is 4.55. The minimum atomic E-state index is 0.198. The maximum absolute atomic E-state index is 9.29. The van der Waals surface area contributed by atoms with Gasteiger partial charge in [-0.2, -0.15) is 5.26 Å². The average Bonchev–Trinajstić information content (AvgIpc) is 2.90. The van der Waals surface area contributed by atoms with Crippen LogP contribution in [0.1, 0.15) is 16.3 Å². The van der Waals surface area contributed by atoms with Crippen molar-refractivity contribution in [2.24, 2.45) is 0 Å². The molecule has 0 aliphatic carbocycles. The molecule has 2 rings (SSSR count). The third-order valence-corrected chi connectivity index (χ3v) is 3.49. The first-order valence-electron chi connectivity index (χ1n) is 5.94. The predicted molar refractivity (Wildman–Crippen MR) is 81.1 cm³/mol. The minimum Gasteiger partial charge on any atom is -0.480 e. The van der Waals surface area contributed by atoms with Gasteiger partial charge in [0.05, 0.1) is 5.57 Å². The standard InChI is InChI=1S/C16H12N2OS/c1-3-8-19-15-7-5-4-6-13(15)9-14(10-17)16-18-12(2)11-20-16/h1,4-7,9,11H,8H2,2H3/b14-9+. The fourth-order valence-corrected chi connectivity index (χ4v) is 2.39. The molecule has 0 saturated heterocycles. The fourth-order valence-electron chi connectivity index (χ4n) is 1.63. The molecular weight excluding hydrogens is 268 g/mol.